The summed E-state index contributed by atoms with van der Waals surface area (Å²) < 4.78 is 0. The summed E-state index contributed by atoms with van der Waals surface area (Å²) in [6.45, 7) is 6.62. The van der Waals surface area contributed by atoms with Crippen molar-refractivity contribution in [3.8, 4) is 0 Å². The normalized spacial score (nSPS) is 11.5. The average Bonchev–Trinajstić information content (AvgIpc) is 2.60. The molecule has 128 valence electrons. The van der Waals surface area contributed by atoms with Gasteiger partial charge in [-0.25, -0.2) is 0 Å². The van der Waals surface area contributed by atoms with Gasteiger partial charge >= 0.3 is 0 Å². The molecule has 0 unspecified atom stereocenters. The zero-order valence-electron chi connectivity index (χ0n) is 15.2. The van der Waals surface area contributed by atoms with Crippen LogP contribution in [0.4, 0.5) is 5.69 Å². The van der Waals surface area contributed by atoms with Crippen LogP contribution in [0.2, 0.25) is 0 Å². The Bertz CT molecular complexity index is 867. The van der Waals surface area contributed by atoms with E-state index in [2.05, 4.69) is 62.5 Å². The van der Waals surface area contributed by atoms with Crippen molar-refractivity contribution in [2.45, 2.75) is 39.0 Å². The molecule has 3 aromatic rings. The van der Waals surface area contributed by atoms with Crippen molar-refractivity contribution in [3.05, 3.63) is 77.9 Å². The van der Waals surface area contributed by atoms with Crippen LogP contribution in [0.5, 0.6) is 0 Å². The number of benzene rings is 3. The fourth-order valence-corrected chi connectivity index (χ4v) is 2.98. The third-order valence-corrected chi connectivity index (χ3v) is 4.52. The SMILES string of the molecule is CC(C)(C)c1ccc(CCC(=O)Nc2cccc3ccccc23)cc1. The predicted octanol–water partition coefficient (Wildman–Crippen LogP) is 5.71. The second kappa shape index (κ2) is 7.10. The van der Waals surface area contributed by atoms with E-state index >= 15 is 0 Å². The van der Waals surface area contributed by atoms with Gasteiger partial charge in [-0.3, -0.25) is 4.79 Å². The highest BCUT2D eigenvalue weighted by Crippen LogP contribution is 2.24. The fraction of sp³-hybridized carbons (Fsp3) is 0.261. The van der Waals surface area contributed by atoms with Crippen LogP contribution < -0.4 is 5.32 Å². The largest absolute Gasteiger partial charge is 0.326 e. The van der Waals surface area contributed by atoms with Gasteiger partial charge in [0, 0.05) is 17.5 Å². The zero-order valence-corrected chi connectivity index (χ0v) is 15.2. The lowest BCUT2D eigenvalue weighted by Gasteiger charge is -2.19. The maximum absolute atomic E-state index is 12.3. The lowest BCUT2D eigenvalue weighted by molar-refractivity contribution is -0.116. The number of carbonyl (C=O) groups is 1. The van der Waals surface area contributed by atoms with Crippen molar-refractivity contribution in [1.82, 2.24) is 0 Å². The van der Waals surface area contributed by atoms with E-state index in [0.29, 0.717) is 6.42 Å². The lowest BCUT2D eigenvalue weighted by Crippen LogP contribution is -2.13. The maximum Gasteiger partial charge on any atom is 0.224 e. The van der Waals surface area contributed by atoms with Crippen LogP contribution in [0.1, 0.15) is 38.3 Å². The van der Waals surface area contributed by atoms with Gasteiger partial charge in [-0.15, -0.1) is 0 Å². The Labute approximate surface area is 149 Å². The first kappa shape index (κ1) is 17.2. The van der Waals surface area contributed by atoms with E-state index in [9.17, 15) is 4.79 Å². The molecular formula is C23H25NO. The summed E-state index contributed by atoms with van der Waals surface area (Å²) in [4.78, 5) is 12.3. The first-order valence-electron chi connectivity index (χ1n) is 8.80. The standard InChI is InChI=1S/C23H25NO/c1-23(2,3)19-14-11-17(12-15-19)13-16-22(25)24-21-10-6-8-18-7-4-5-9-20(18)21/h4-12,14-15H,13,16H2,1-3H3,(H,24,25). The third kappa shape index (κ3) is 4.27. The van der Waals surface area contributed by atoms with Crippen LogP contribution in [-0.4, -0.2) is 5.91 Å². The van der Waals surface area contributed by atoms with E-state index in [4.69, 9.17) is 0 Å². The molecule has 0 bridgehead atoms. The molecule has 2 nitrogen and oxygen atoms in total. The van der Waals surface area contributed by atoms with E-state index in [1.807, 2.05) is 30.3 Å². The first-order valence-corrected chi connectivity index (χ1v) is 8.80. The van der Waals surface area contributed by atoms with E-state index in [1.54, 1.807) is 0 Å². The van der Waals surface area contributed by atoms with Gasteiger partial charge in [0.25, 0.3) is 0 Å². The van der Waals surface area contributed by atoms with Gasteiger partial charge < -0.3 is 5.32 Å². The topological polar surface area (TPSA) is 29.1 Å². The number of hydrogen-bond acceptors (Lipinski definition) is 1. The number of anilines is 1. The molecule has 25 heavy (non-hydrogen) atoms. The van der Waals surface area contributed by atoms with Gasteiger partial charge in [-0.1, -0.05) is 81.4 Å². The summed E-state index contributed by atoms with van der Waals surface area (Å²) in [5, 5.41) is 5.27. The highest BCUT2D eigenvalue weighted by atomic mass is 16.1. The summed E-state index contributed by atoms with van der Waals surface area (Å²) in [6.07, 6.45) is 1.24. The number of amides is 1. The highest BCUT2D eigenvalue weighted by Gasteiger charge is 2.13. The second-order valence-electron chi connectivity index (χ2n) is 7.52. The summed E-state index contributed by atoms with van der Waals surface area (Å²) >= 11 is 0. The van der Waals surface area contributed by atoms with Crippen molar-refractivity contribution in [3.63, 3.8) is 0 Å². The Balaban J connectivity index is 1.63. The third-order valence-electron chi connectivity index (χ3n) is 4.52. The van der Waals surface area contributed by atoms with Gasteiger partial charge in [-0.05, 0) is 34.4 Å². The number of fused-ring (bicyclic) bond motifs is 1. The first-order chi connectivity index (χ1) is 11.9. The molecule has 0 heterocycles. The second-order valence-corrected chi connectivity index (χ2v) is 7.52. The van der Waals surface area contributed by atoms with E-state index < -0.39 is 0 Å². The fourth-order valence-electron chi connectivity index (χ4n) is 2.98. The molecule has 0 aliphatic rings. The molecule has 0 saturated heterocycles. The molecule has 0 spiro atoms. The van der Waals surface area contributed by atoms with Crippen LogP contribution in [0.15, 0.2) is 66.7 Å². The van der Waals surface area contributed by atoms with Crippen LogP contribution in [0, 0.1) is 0 Å². The van der Waals surface area contributed by atoms with Gasteiger partial charge in [0.05, 0.1) is 0 Å². The van der Waals surface area contributed by atoms with Crippen molar-refractivity contribution in [2.24, 2.45) is 0 Å². The molecule has 0 saturated carbocycles. The van der Waals surface area contributed by atoms with E-state index in [1.165, 1.54) is 11.1 Å². The number of rotatable bonds is 4. The van der Waals surface area contributed by atoms with Gasteiger partial charge in [-0.2, -0.15) is 0 Å². The Hall–Kier alpha value is -2.61. The molecule has 0 aliphatic carbocycles. The monoisotopic (exact) mass is 331 g/mol. The number of carbonyl (C=O) groups excluding carboxylic acids is 1. The molecule has 3 rings (SSSR count). The van der Waals surface area contributed by atoms with Crippen LogP contribution >= 0.6 is 0 Å². The van der Waals surface area contributed by atoms with Crippen molar-refractivity contribution < 1.29 is 4.79 Å². The number of aryl methyl sites for hydroxylation is 1. The van der Waals surface area contributed by atoms with Crippen molar-refractivity contribution in [2.75, 3.05) is 5.32 Å². The molecule has 3 aromatic carbocycles. The Morgan fingerprint density at radius 1 is 0.880 bits per heavy atom. The molecule has 1 N–H and O–H groups in total. The lowest BCUT2D eigenvalue weighted by atomic mass is 9.86. The summed E-state index contributed by atoms with van der Waals surface area (Å²) in [5.41, 5.74) is 3.55. The quantitative estimate of drug-likeness (QED) is 0.652. The molecule has 0 radical (unpaired) electrons. The Morgan fingerprint density at radius 2 is 1.56 bits per heavy atom. The molecule has 2 heteroatoms. The van der Waals surface area contributed by atoms with Gasteiger partial charge in [0.2, 0.25) is 5.91 Å². The summed E-state index contributed by atoms with van der Waals surface area (Å²) in [5.74, 6) is 0.0521. The molecule has 0 aromatic heterocycles. The van der Waals surface area contributed by atoms with Crippen molar-refractivity contribution >= 4 is 22.4 Å². The summed E-state index contributed by atoms with van der Waals surface area (Å²) in [6, 6.07) is 22.7. The minimum atomic E-state index is 0.0521. The molecule has 0 fully saturated rings. The number of hydrogen-bond donors (Lipinski definition) is 1. The Morgan fingerprint density at radius 3 is 2.28 bits per heavy atom. The number of nitrogens with one attached hydrogen (secondary N) is 1. The zero-order chi connectivity index (χ0) is 17.9. The summed E-state index contributed by atoms with van der Waals surface area (Å²) in [7, 11) is 0. The minimum absolute atomic E-state index is 0.0521. The molecule has 1 amide bonds. The van der Waals surface area contributed by atoms with Crippen LogP contribution in [0.3, 0.4) is 0 Å². The minimum Gasteiger partial charge on any atom is -0.326 e. The van der Waals surface area contributed by atoms with Gasteiger partial charge in [0.1, 0.15) is 0 Å². The Kier molecular flexibility index (Phi) is 4.89. The van der Waals surface area contributed by atoms with E-state index in [0.717, 1.165) is 22.9 Å². The average molecular weight is 331 g/mol. The molecule has 0 aliphatic heterocycles. The van der Waals surface area contributed by atoms with E-state index in [-0.39, 0.29) is 11.3 Å². The van der Waals surface area contributed by atoms with Gasteiger partial charge in [0.15, 0.2) is 0 Å². The highest BCUT2D eigenvalue weighted by molar-refractivity contribution is 6.02. The predicted molar refractivity (Wildman–Crippen MR) is 106 cm³/mol. The van der Waals surface area contributed by atoms with Crippen molar-refractivity contribution in [1.29, 1.82) is 0 Å². The van der Waals surface area contributed by atoms with Crippen LogP contribution in [-0.2, 0) is 16.6 Å². The smallest absolute Gasteiger partial charge is 0.224 e. The van der Waals surface area contributed by atoms with Crippen LogP contribution in [0.25, 0.3) is 10.8 Å². The molecular weight excluding hydrogens is 306 g/mol. The maximum atomic E-state index is 12.3. The molecule has 0 atom stereocenters.